The van der Waals surface area contributed by atoms with Crippen molar-refractivity contribution in [2.45, 2.75) is 71.7 Å². The van der Waals surface area contributed by atoms with Crippen LogP contribution in [0.2, 0.25) is 0 Å². The van der Waals surface area contributed by atoms with Crippen LogP contribution in [0.25, 0.3) is 0 Å². The Hall–Kier alpha value is -3.75. The number of benzene rings is 2. The largest absolute Gasteiger partial charge is 0.507 e. The number of aryl methyl sites for hydroxylation is 1. The number of aromatic hydroxyl groups is 1. The second-order valence-corrected chi connectivity index (χ2v) is 10.5. The molecule has 3 rings (SSSR count). The first kappa shape index (κ1) is 27.8. The lowest BCUT2D eigenvalue weighted by molar-refractivity contribution is -0.141. The topological polar surface area (TPSA) is 117 Å². The van der Waals surface area contributed by atoms with E-state index in [-0.39, 0.29) is 17.7 Å². The molecule has 0 bridgehead atoms. The number of rotatable bonds is 8. The van der Waals surface area contributed by atoms with E-state index in [1.807, 2.05) is 6.92 Å². The zero-order chi connectivity index (χ0) is 27.5. The number of carbonyl (C=O) groups excluding carboxylic acids is 3. The number of anilines is 1. The third kappa shape index (κ3) is 6.93. The van der Waals surface area contributed by atoms with Crippen molar-refractivity contribution in [1.82, 2.24) is 10.2 Å². The molecule has 0 saturated heterocycles. The predicted octanol–water partition coefficient (Wildman–Crippen LogP) is 4.54. The number of hydrogen-bond donors (Lipinski definition) is 3. The SMILES string of the molecule is COc1ccc(NC(=O)C(c2cccc(C)c2O)N(C(=O)C(C)NC(=O)OC(C)(C)C)C2CC2C)cc1. The Balaban J connectivity index is 1.98. The molecule has 9 heteroatoms. The van der Waals surface area contributed by atoms with Gasteiger partial charge < -0.3 is 30.1 Å². The van der Waals surface area contributed by atoms with E-state index in [1.165, 1.54) is 4.90 Å². The highest BCUT2D eigenvalue weighted by Gasteiger charge is 2.48. The van der Waals surface area contributed by atoms with Gasteiger partial charge in [0.2, 0.25) is 5.91 Å². The van der Waals surface area contributed by atoms with Crippen LogP contribution in [0.1, 0.15) is 58.2 Å². The van der Waals surface area contributed by atoms with Gasteiger partial charge in [-0.2, -0.15) is 0 Å². The van der Waals surface area contributed by atoms with E-state index >= 15 is 0 Å². The highest BCUT2D eigenvalue weighted by atomic mass is 16.6. The predicted molar refractivity (Wildman–Crippen MR) is 140 cm³/mol. The van der Waals surface area contributed by atoms with Gasteiger partial charge in [-0.3, -0.25) is 9.59 Å². The summed E-state index contributed by atoms with van der Waals surface area (Å²) in [6.07, 6.45) is -0.0288. The molecule has 200 valence electrons. The molecule has 3 amide bonds. The summed E-state index contributed by atoms with van der Waals surface area (Å²) in [5.74, 6) is -0.201. The van der Waals surface area contributed by atoms with Gasteiger partial charge in [0, 0.05) is 17.3 Å². The number of nitrogens with one attached hydrogen (secondary N) is 2. The fraction of sp³-hybridized carbons (Fsp3) is 0.464. The zero-order valence-electron chi connectivity index (χ0n) is 22.5. The van der Waals surface area contributed by atoms with Gasteiger partial charge in [0.15, 0.2) is 0 Å². The summed E-state index contributed by atoms with van der Waals surface area (Å²) < 4.78 is 10.5. The number of phenolic OH excluding ortho intramolecular Hbond substituents is 1. The number of amides is 3. The summed E-state index contributed by atoms with van der Waals surface area (Å²) >= 11 is 0. The van der Waals surface area contributed by atoms with Crippen molar-refractivity contribution in [3.63, 3.8) is 0 Å². The number of ether oxygens (including phenoxy) is 2. The van der Waals surface area contributed by atoms with Gasteiger partial charge in [-0.15, -0.1) is 0 Å². The second kappa shape index (κ2) is 11.1. The maximum atomic E-state index is 13.8. The van der Waals surface area contributed by atoms with Crippen LogP contribution < -0.4 is 15.4 Å². The van der Waals surface area contributed by atoms with Crippen LogP contribution in [0.15, 0.2) is 42.5 Å². The second-order valence-electron chi connectivity index (χ2n) is 10.5. The van der Waals surface area contributed by atoms with Gasteiger partial charge >= 0.3 is 6.09 Å². The Morgan fingerprint density at radius 2 is 1.73 bits per heavy atom. The molecule has 0 radical (unpaired) electrons. The number of phenols is 1. The summed E-state index contributed by atoms with van der Waals surface area (Å²) in [6, 6.07) is 9.60. The van der Waals surface area contributed by atoms with Crippen molar-refractivity contribution in [3.8, 4) is 11.5 Å². The van der Waals surface area contributed by atoms with Gasteiger partial charge in [0.1, 0.15) is 29.2 Å². The van der Waals surface area contributed by atoms with Crippen LogP contribution in [0.3, 0.4) is 0 Å². The first-order chi connectivity index (χ1) is 17.3. The molecule has 2 aromatic carbocycles. The summed E-state index contributed by atoms with van der Waals surface area (Å²) in [5.41, 5.74) is 0.670. The average molecular weight is 512 g/mol. The average Bonchev–Trinajstić information content (AvgIpc) is 3.53. The molecule has 37 heavy (non-hydrogen) atoms. The minimum Gasteiger partial charge on any atom is -0.507 e. The van der Waals surface area contributed by atoms with Crippen molar-refractivity contribution in [2.24, 2.45) is 5.92 Å². The van der Waals surface area contributed by atoms with E-state index in [0.29, 0.717) is 29.0 Å². The molecular weight excluding hydrogens is 474 g/mol. The van der Waals surface area contributed by atoms with Crippen molar-refractivity contribution in [1.29, 1.82) is 0 Å². The molecule has 3 N–H and O–H groups in total. The first-order valence-corrected chi connectivity index (χ1v) is 12.4. The number of methoxy groups -OCH3 is 1. The molecule has 1 fully saturated rings. The Kier molecular flexibility index (Phi) is 8.35. The van der Waals surface area contributed by atoms with Gasteiger partial charge in [-0.05, 0) is 76.8 Å². The van der Waals surface area contributed by atoms with Gasteiger partial charge in [0.25, 0.3) is 5.91 Å². The summed E-state index contributed by atoms with van der Waals surface area (Å²) in [6.45, 7) is 10.5. The van der Waals surface area contributed by atoms with E-state index in [2.05, 4.69) is 10.6 Å². The molecule has 9 nitrogen and oxygen atoms in total. The zero-order valence-corrected chi connectivity index (χ0v) is 22.5. The smallest absolute Gasteiger partial charge is 0.408 e. The lowest BCUT2D eigenvalue weighted by atomic mass is 9.99. The number of nitrogens with zero attached hydrogens (tertiary/aromatic N) is 1. The Morgan fingerprint density at radius 3 is 2.27 bits per heavy atom. The fourth-order valence-electron chi connectivity index (χ4n) is 4.15. The molecule has 0 spiro atoms. The van der Waals surface area contributed by atoms with Crippen molar-refractivity contribution in [3.05, 3.63) is 53.6 Å². The lowest BCUT2D eigenvalue weighted by Crippen LogP contribution is -2.52. The van der Waals surface area contributed by atoms with Crippen LogP contribution in [0, 0.1) is 12.8 Å². The number of carbonyl (C=O) groups is 3. The lowest BCUT2D eigenvalue weighted by Gasteiger charge is -2.34. The molecule has 1 aliphatic carbocycles. The van der Waals surface area contributed by atoms with E-state index in [1.54, 1.807) is 84.2 Å². The molecule has 4 unspecified atom stereocenters. The molecular formula is C28H37N3O6. The van der Waals surface area contributed by atoms with Crippen LogP contribution >= 0.6 is 0 Å². The highest BCUT2D eigenvalue weighted by Crippen LogP contribution is 2.43. The molecule has 0 aromatic heterocycles. The highest BCUT2D eigenvalue weighted by molar-refractivity contribution is 5.99. The van der Waals surface area contributed by atoms with Crippen LogP contribution in [0.4, 0.5) is 10.5 Å². The molecule has 2 aromatic rings. The minimum absolute atomic E-state index is 0.0590. The van der Waals surface area contributed by atoms with Crippen LogP contribution in [-0.2, 0) is 14.3 Å². The quantitative estimate of drug-likeness (QED) is 0.479. The maximum Gasteiger partial charge on any atom is 0.408 e. The van der Waals surface area contributed by atoms with Crippen LogP contribution in [0.5, 0.6) is 11.5 Å². The van der Waals surface area contributed by atoms with Crippen molar-refractivity contribution in [2.75, 3.05) is 12.4 Å². The molecule has 1 aliphatic rings. The third-order valence-corrected chi connectivity index (χ3v) is 6.23. The molecule has 4 atom stereocenters. The third-order valence-electron chi connectivity index (χ3n) is 6.23. The molecule has 0 aliphatic heterocycles. The van der Waals surface area contributed by atoms with Crippen molar-refractivity contribution >= 4 is 23.6 Å². The summed E-state index contributed by atoms with van der Waals surface area (Å²) in [5, 5.41) is 16.4. The van der Waals surface area contributed by atoms with Crippen molar-refractivity contribution < 1.29 is 29.0 Å². The van der Waals surface area contributed by atoms with E-state index in [0.717, 1.165) is 0 Å². The normalized spacial score (nSPS) is 18.2. The molecule has 1 saturated carbocycles. The van der Waals surface area contributed by atoms with Gasteiger partial charge in [-0.1, -0.05) is 25.1 Å². The van der Waals surface area contributed by atoms with E-state index in [4.69, 9.17) is 9.47 Å². The molecule has 0 heterocycles. The monoisotopic (exact) mass is 511 g/mol. The maximum absolute atomic E-state index is 13.8. The number of hydrogen-bond acceptors (Lipinski definition) is 6. The Morgan fingerprint density at radius 1 is 1.11 bits per heavy atom. The summed E-state index contributed by atoms with van der Waals surface area (Å²) in [4.78, 5) is 41.5. The van der Waals surface area contributed by atoms with Crippen LogP contribution in [-0.4, -0.2) is 52.7 Å². The van der Waals surface area contributed by atoms with Gasteiger partial charge in [-0.25, -0.2) is 4.79 Å². The van der Waals surface area contributed by atoms with Gasteiger partial charge in [0.05, 0.1) is 7.11 Å². The Labute approximate surface area is 218 Å². The first-order valence-electron chi connectivity index (χ1n) is 12.4. The minimum atomic E-state index is -1.13. The fourth-order valence-corrected chi connectivity index (χ4v) is 4.15. The number of para-hydroxylation sites is 1. The van der Waals surface area contributed by atoms with E-state index in [9.17, 15) is 19.5 Å². The van der Waals surface area contributed by atoms with E-state index < -0.39 is 35.6 Å². The standard InChI is InChI=1S/C28H37N3O6/c1-16-9-8-10-21(24(16)32)23(25(33)30-19-11-13-20(36-7)14-12-19)31(22-15-17(22)2)26(34)18(3)29-27(35)37-28(4,5)6/h8-14,17-18,22-23,32H,15H2,1-7H3,(H,29,35)(H,30,33). The summed E-state index contributed by atoms with van der Waals surface area (Å²) in [7, 11) is 1.55. The Bertz CT molecular complexity index is 1140. The number of alkyl carbamates (subject to hydrolysis) is 1.